The molecule has 0 aliphatic heterocycles. The lowest BCUT2D eigenvalue weighted by Crippen LogP contribution is -2.33. The third-order valence-corrected chi connectivity index (χ3v) is 3.05. The van der Waals surface area contributed by atoms with Gasteiger partial charge in [0.05, 0.1) is 5.92 Å². The second kappa shape index (κ2) is 5.64. The molecule has 1 atom stereocenters. The van der Waals surface area contributed by atoms with Gasteiger partial charge in [0.25, 0.3) is 0 Å². The molecule has 0 aliphatic rings. The van der Waals surface area contributed by atoms with Gasteiger partial charge in [0.2, 0.25) is 0 Å². The maximum atomic E-state index is 11.3. The predicted octanol–water partition coefficient (Wildman–Crippen LogP) is 2.18. The van der Waals surface area contributed by atoms with Crippen LogP contribution in [0.5, 0.6) is 0 Å². The van der Waals surface area contributed by atoms with E-state index in [2.05, 4.69) is 6.92 Å². The number of rotatable bonds is 5. The first-order valence-electron chi connectivity index (χ1n) is 5.75. The fourth-order valence-corrected chi connectivity index (χ4v) is 1.90. The second-order valence-electron chi connectivity index (χ2n) is 4.19. The van der Waals surface area contributed by atoms with Crippen molar-refractivity contribution in [3.05, 3.63) is 29.6 Å². The van der Waals surface area contributed by atoms with Crippen LogP contribution < -0.4 is 4.57 Å². The van der Waals surface area contributed by atoms with Gasteiger partial charge >= 0.3 is 5.97 Å². The molecule has 1 unspecified atom stereocenters. The molecule has 0 aliphatic carbocycles. The van der Waals surface area contributed by atoms with Crippen LogP contribution in [0.15, 0.2) is 18.3 Å². The fourth-order valence-electron chi connectivity index (χ4n) is 1.90. The normalized spacial score (nSPS) is 12.4. The van der Waals surface area contributed by atoms with Crippen molar-refractivity contribution in [1.82, 2.24) is 0 Å². The van der Waals surface area contributed by atoms with E-state index in [0.29, 0.717) is 0 Å². The maximum Gasteiger partial charge on any atom is 0.311 e. The Labute approximate surface area is 96.7 Å². The van der Waals surface area contributed by atoms with E-state index in [1.165, 1.54) is 0 Å². The molecule has 0 fully saturated rings. The standard InChI is InChI=1S/C13H19NO2/c1-4-5-7-12(13(15)16)11-8-6-9-14(3)10(11)2/h6,8-9,12H,4-5,7H2,1-3H3/p+1. The van der Waals surface area contributed by atoms with Gasteiger partial charge < -0.3 is 5.11 Å². The van der Waals surface area contributed by atoms with Crippen LogP contribution >= 0.6 is 0 Å². The highest BCUT2D eigenvalue weighted by Gasteiger charge is 2.24. The van der Waals surface area contributed by atoms with E-state index in [-0.39, 0.29) is 5.92 Å². The third-order valence-electron chi connectivity index (χ3n) is 3.05. The number of carboxylic acids is 1. The summed E-state index contributed by atoms with van der Waals surface area (Å²) in [5.41, 5.74) is 1.97. The van der Waals surface area contributed by atoms with Crippen LogP contribution in [-0.4, -0.2) is 11.1 Å². The molecular weight excluding hydrogens is 202 g/mol. The number of carboxylic acid groups (broad SMARTS) is 1. The van der Waals surface area contributed by atoms with Crippen molar-refractivity contribution in [2.24, 2.45) is 7.05 Å². The zero-order valence-electron chi connectivity index (χ0n) is 10.2. The Kier molecular flexibility index (Phi) is 4.47. The molecule has 3 nitrogen and oxygen atoms in total. The molecule has 0 saturated heterocycles. The Morgan fingerprint density at radius 1 is 1.56 bits per heavy atom. The van der Waals surface area contributed by atoms with Gasteiger partial charge in [0.15, 0.2) is 11.9 Å². The van der Waals surface area contributed by atoms with Crippen molar-refractivity contribution in [3.63, 3.8) is 0 Å². The van der Waals surface area contributed by atoms with E-state index < -0.39 is 5.97 Å². The van der Waals surface area contributed by atoms with Gasteiger partial charge in [-0.15, -0.1) is 0 Å². The van der Waals surface area contributed by atoms with Crippen molar-refractivity contribution >= 4 is 5.97 Å². The van der Waals surface area contributed by atoms with Crippen LogP contribution in [-0.2, 0) is 11.8 Å². The molecule has 0 amide bonds. The SMILES string of the molecule is CCCCC(C(=O)O)c1ccc[n+](C)c1C. The van der Waals surface area contributed by atoms with Crippen molar-refractivity contribution < 1.29 is 14.5 Å². The number of nitrogens with zero attached hydrogens (tertiary/aromatic N) is 1. The van der Waals surface area contributed by atoms with E-state index in [0.717, 1.165) is 30.5 Å². The Morgan fingerprint density at radius 2 is 2.25 bits per heavy atom. The number of aliphatic carboxylic acids is 1. The van der Waals surface area contributed by atoms with Gasteiger partial charge in [-0.05, 0) is 12.5 Å². The van der Waals surface area contributed by atoms with Crippen molar-refractivity contribution in [2.75, 3.05) is 0 Å². The summed E-state index contributed by atoms with van der Waals surface area (Å²) in [4.78, 5) is 11.3. The lowest BCUT2D eigenvalue weighted by Gasteiger charge is -2.12. The monoisotopic (exact) mass is 222 g/mol. The first-order chi connectivity index (χ1) is 7.57. The van der Waals surface area contributed by atoms with Crippen molar-refractivity contribution in [1.29, 1.82) is 0 Å². The van der Waals surface area contributed by atoms with E-state index in [1.807, 2.05) is 36.9 Å². The molecular formula is C13H20NO2+. The number of carbonyl (C=O) groups is 1. The Balaban J connectivity index is 3.01. The first-order valence-corrected chi connectivity index (χ1v) is 5.75. The number of hydrogen-bond acceptors (Lipinski definition) is 1. The van der Waals surface area contributed by atoms with Crippen LogP contribution in [0, 0.1) is 6.92 Å². The average molecular weight is 222 g/mol. The van der Waals surface area contributed by atoms with Crippen LogP contribution in [0.4, 0.5) is 0 Å². The van der Waals surface area contributed by atoms with Crippen molar-refractivity contribution in [3.8, 4) is 0 Å². The molecule has 88 valence electrons. The summed E-state index contributed by atoms with van der Waals surface area (Å²) < 4.78 is 1.97. The van der Waals surface area contributed by atoms with Crippen LogP contribution in [0.25, 0.3) is 0 Å². The molecule has 0 aromatic carbocycles. The van der Waals surface area contributed by atoms with E-state index in [1.54, 1.807) is 0 Å². The molecule has 1 N–H and O–H groups in total. The summed E-state index contributed by atoms with van der Waals surface area (Å²) in [6.07, 6.45) is 4.64. The summed E-state index contributed by atoms with van der Waals surface area (Å²) >= 11 is 0. The Bertz CT molecular complexity index is 374. The van der Waals surface area contributed by atoms with Gasteiger partial charge in [-0.1, -0.05) is 19.8 Å². The fraction of sp³-hybridized carbons (Fsp3) is 0.538. The van der Waals surface area contributed by atoms with E-state index >= 15 is 0 Å². The molecule has 0 bridgehead atoms. The Hall–Kier alpha value is -1.38. The summed E-state index contributed by atoms with van der Waals surface area (Å²) in [7, 11) is 1.94. The molecule has 1 aromatic heterocycles. The minimum absolute atomic E-state index is 0.368. The zero-order chi connectivity index (χ0) is 12.1. The van der Waals surface area contributed by atoms with Gasteiger partial charge in [0.1, 0.15) is 7.05 Å². The molecule has 0 spiro atoms. The topological polar surface area (TPSA) is 41.2 Å². The zero-order valence-corrected chi connectivity index (χ0v) is 10.2. The lowest BCUT2D eigenvalue weighted by molar-refractivity contribution is -0.678. The second-order valence-corrected chi connectivity index (χ2v) is 4.19. The van der Waals surface area contributed by atoms with Gasteiger partial charge in [0, 0.05) is 18.6 Å². The van der Waals surface area contributed by atoms with Gasteiger partial charge in [-0.3, -0.25) is 4.79 Å². The van der Waals surface area contributed by atoms with Crippen molar-refractivity contribution in [2.45, 2.75) is 39.0 Å². The highest BCUT2D eigenvalue weighted by molar-refractivity contribution is 5.76. The van der Waals surface area contributed by atoms with Gasteiger partial charge in [-0.25, -0.2) is 4.57 Å². The highest BCUT2D eigenvalue weighted by atomic mass is 16.4. The molecule has 3 heteroatoms. The molecule has 1 heterocycles. The number of aromatic nitrogens is 1. The van der Waals surface area contributed by atoms with Gasteiger partial charge in [-0.2, -0.15) is 0 Å². The quantitative estimate of drug-likeness (QED) is 0.776. The summed E-state index contributed by atoms with van der Waals surface area (Å²) in [6.45, 7) is 4.05. The minimum Gasteiger partial charge on any atom is -0.481 e. The smallest absolute Gasteiger partial charge is 0.311 e. The maximum absolute atomic E-state index is 11.3. The average Bonchev–Trinajstić information content (AvgIpc) is 2.24. The van der Waals surface area contributed by atoms with Crippen LogP contribution in [0.1, 0.15) is 43.4 Å². The Morgan fingerprint density at radius 3 is 2.81 bits per heavy atom. The van der Waals surface area contributed by atoms with Crippen LogP contribution in [0.3, 0.4) is 0 Å². The summed E-state index contributed by atoms with van der Waals surface area (Å²) in [6, 6.07) is 3.83. The number of pyridine rings is 1. The highest BCUT2D eigenvalue weighted by Crippen LogP contribution is 2.23. The molecule has 0 radical (unpaired) electrons. The molecule has 1 aromatic rings. The number of hydrogen-bond donors (Lipinski definition) is 1. The lowest BCUT2D eigenvalue weighted by atomic mass is 9.92. The third kappa shape index (κ3) is 2.81. The summed E-state index contributed by atoms with van der Waals surface area (Å²) in [5, 5.41) is 9.26. The first kappa shape index (κ1) is 12.7. The predicted molar refractivity (Wildman–Crippen MR) is 62.3 cm³/mol. The summed E-state index contributed by atoms with van der Waals surface area (Å²) in [5.74, 6) is -1.09. The van der Waals surface area contributed by atoms with Crippen LogP contribution in [0.2, 0.25) is 0 Å². The molecule has 16 heavy (non-hydrogen) atoms. The number of unbranched alkanes of at least 4 members (excludes halogenated alkanes) is 1. The van der Waals surface area contributed by atoms with E-state index in [9.17, 15) is 9.90 Å². The largest absolute Gasteiger partial charge is 0.481 e. The molecule has 1 rings (SSSR count). The molecule has 0 saturated carbocycles. The van der Waals surface area contributed by atoms with E-state index in [4.69, 9.17) is 0 Å². The minimum atomic E-state index is -0.720. The number of aryl methyl sites for hydroxylation is 1.